The highest BCUT2D eigenvalue weighted by Crippen LogP contribution is 2.39. The second-order valence-electron chi connectivity index (χ2n) is 6.74. The van der Waals surface area contributed by atoms with Gasteiger partial charge in [0.25, 0.3) is 0 Å². The number of amides is 2. The fourth-order valence-electron chi connectivity index (χ4n) is 3.53. The lowest BCUT2D eigenvalue weighted by Gasteiger charge is -2.39. The fourth-order valence-corrected chi connectivity index (χ4v) is 3.53. The Bertz CT molecular complexity index is 874. The maximum Gasteiger partial charge on any atom is 0.411 e. The lowest BCUT2D eigenvalue weighted by Crippen LogP contribution is -2.51. The van der Waals surface area contributed by atoms with Crippen LogP contribution in [0.4, 0.5) is 16.2 Å². The SMILES string of the molecule is CC(=O)N1c2ccc(-c3cnn(C4COC4)c3)cc2N(C(=O)O)CC1C. The van der Waals surface area contributed by atoms with Crippen LogP contribution < -0.4 is 9.80 Å². The molecule has 0 aliphatic carbocycles. The summed E-state index contributed by atoms with van der Waals surface area (Å²) in [6, 6.07) is 5.55. The molecule has 26 heavy (non-hydrogen) atoms. The number of rotatable bonds is 2. The molecule has 1 aromatic heterocycles. The molecule has 1 atom stereocenters. The van der Waals surface area contributed by atoms with Crippen molar-refractivity contribution in [2.75, 3.05) is 29.6 Å². The van der Waals surface area contributed by atoms with Gasteiger partial charge in [0.2, 0.25) is 5.91 Å². The van der Waals surface area contributed by atoms with Gasteiger partial charge in [-0.3, -0.25) is 14.4 Å². The molecule has 4 rings (SSSR count). The van der Waals surface area contributed by atoms with Crippen molar-refractivity contribution in [1.29, 1.82) is 0 Å². The monoisotopic (exact) mass is 356 g/mol. The summed E-state index contributed by atoms with van der Waals surface area (Å²) >= 11 is 0. The molecule has 0 spiro atoms. The zero-order chi connectivity index (χ0) is 18.4. The van der Waals surface area contributed by atoms with Crippen molar-refractivity contribution in [3.63, 3.8) is 0 Å². The quantitative estimate of drug-likeness (QED) is 0.892. The molecule has 8 nitrogen and oxygen atoms in total. The zero-order valence-corrected chi connectivity index (χ0v) is 14.6. The molecule has 1 fully saturated rings. The Morgan fingerprint density at radius 2 is 2.00 bits per heavy atom. The molecule has 3 heterocycles. The molecule has 1 N–H and O–H groups in total. The van der Waals surface area contributed by atoms with Crippen LogP contribution in [0.5, 0.6) is 0 Å². The maximum absolute atomic E-state index is 12.1. The number of carbonyl (C=O) groups excluding carboxylic acids is 1. The number of aromatic nitrogens is 2. The molecule has 1 aromatic carbocycles. The number of hydrogen-bond donors (Lipinski definition) is 1. The second kappa shape index (κ2) is 6.14. The van der Waals surface area contributed by atoms with Crippen LogP contribution in [0.3, 0.4) is 0 Å². The summed E-state index contributed by atoms with van der Waals surface area (Å²) in [6.07, 6.45) is 2.67. The van der Waals surface area contributed by atoms with E-state index in [1.54, 1.807) is 11.1 Å². The van der Waals surface area contributed by atoms with Crippen molar-refractivity contribution in [2.45, 2.75) is 25.9 Å². The normalized spacial score (nSPS) is 19.8. The first kappa shape index (κ1) is 16.6. The van der Waals surface area contributed by atoms with Gasteiger partial charge in [0, 0.05) is 25.2 Å². The number of anilines is 2. The molecule has 8 heteroatoms. The van der Waals surface area contributed by atoms with Gasteiger partial charge in [-0.15, -0.1) is 0 Å². The molecular weight excluding hydrogens is 336 g/mol. The predicted octanol–water partition coefficient (Wildman–Crippen LogP) is 2.36. The maximum atomic E-state index is 12.1. The number of ether oxygens (including phenoxy) is 1. The van der Waals surface area contributed by atoms with Crippen molar-refractivity contribution in [1.82, 2.24) is 9.78 Å². The van der Waals surface area contributed by atoms with Crippen molar-refractivity contribution in [3.8, 4) is 11.1 Å². The van der Waals surface area contributed by atoms with E-state index in [2.05, 4.69) is 5.10 Å². The molecule has 2 aromatic rings. The van der Waals surface area contributed by atoms with Gasteiger partial charge in [-0.2, -0.15) is 5.10 Å². The summed E-state index contributed by atoms with van der Waals surface area (Å²) in [7, 11) is 0. The van der Waals surface area contributed by atoms with Gasteiger partial charge < -0.3 is 14.7 Å². The summed E-state index contributed by atoms with van der Waals surface area (Å²) in [5.74, 6) is -0.102. The van der Waals surface area contributed by atoms with E-state index in [9.17, 15) is 14.7 Å². The molecule has 1 saturated heterocycles. The van der Waals surface area contributed by atoms with E-state index in [0.29, 0.717) is 24.6 Å². The van der Waals surface area contributed by atoms with Crippen LogP contribution in [-0.2, 0) is 9.53 Å². The highest BCUT2D eigenvalue weighted by molar-refractivity contribution is 6.02. The topological polar surface area (TPSA) is 87.9 Å². The van der Waals surface area contributed by atoms with Crippen LogP contribution in [0.1, 0.15) is 19.9 Å². The smallest absolute Gasteiger partial charge is 0.411 e. The second-order valence-corrected chi connectivity index (χ2v) is 6.74. The number of nitrogens with zero attached hydrogens (tertiary/aromatic N) is 4. The Morgan fingerprint density at radius 3 is 2.62 bits per heavy atom. The summed E-state index contributed by atoms with van der Waals surface area (Å²) in [5, 5.41) is 14.0. The van der Waals surface area contributed by atoms with Crippen LogP contribution in [0, 0.1) is 0 Å². The number of carbonyl (C=O) groups is 2. The fraction of sp³-hybridized carbons (Fsp3) is 0.389. The first-order chi connectivity index (χ1) is 12.5. The minimum atomic E-state index is -1.03. The van der Waals surface area contributed by atoms with Crippen molar-refractivity contribution in [2.24, 2.45) is 0 Å². The first-order valence-corrected chi connectivity index (χ1v) is 8.52. The highest BCUT2D eigenvalue weighted by atomic mass is 16.5. The Kier molecular flexibility index (Phi) is 3.91. The zero-order valence-electron chi connectivity index (χ0n) is 14.6. The molecule has 1 unspecified atom stereocenters. The molecule has 0 radical (unpaired) electrons. The van der Waals surface area contributed by atoms with Crippen molar-refractivity contribution < 1.29 is 19.4 Å². The van der Waals surface area contributed by atoms with Crippen LogP contribution in [-0.4, -0.2) is 52.7 Å². The average Bonchev–Trinajstić information content (AvgIpc) is 3.00. The Labute approximate surface area is 150 Å². The van der Waals surface area contributed by atoms with Gasteiger partial charge in [-0.1, -0.05) is 6.07 Å². The van der Waals surface area contributed by atoms with E-state index < -0.39 is 6.09 Å². The first-order valence-electron chi connectivity index (χ1n) is 8.52. The van der Waals surface area contributed by atoms with Crippen molar-refractivity contribution in [3.05, 3.63) is 30.6 Å². The molecule has 136 valence electrons. The van der Waals surface area contributed by atoms with E-state index in [0.717, 1.165) is 11.1 Å². The van der Waals surface area contributed by atoms with Gasteiger partial charge in [0.1, 0.15) is 0 Å². The van der Waals surface area contributed by atoms with Crippen LogP contribution in [0.2, 0.25) is 0 Å². The summed E-state index contributed by atoms with van der Waals surface area (Å²) in [6.45, 7) is 4.89. The van der Waals surface area contributed by atoms with E-state index >= 15 is 0 Å². The van der Waals surface area contributed by atoms with Crippen LogP contribution >= 0.6 is 0 Å². The molecule has 2 amide bonds. The average molecular weight is 356 g/mol. The number of hydrogen-bond acceptors (Lipinski definition) is 4. The number of benzene rings is 1. The molecule has 0 bridgehead atoms. The minimum absolute atomic E-state index is 0.102. The third kappa shape index (κ3) is 2.62. The van der Waals surface area contributed by atoms with E-state index in [4.69, 9.17) is 4.74 Å². The van der Waals surface area contributed by atoms with Crippen LogP contribution in [0.25, 0.3) is 11.1 Å². The van der Waals surface area contributed by atoms with Gasteiger partial charge in [0.05, 0.1) is 42.9 Å². The van der Waals surface area contributed by atoms with Gasteiger partial charge >= 0.3 is 6.09 Å². The summed E-state index contributed by atoms with van der Waals surface area (Å²) in [5.41, 5.74) is 2.89. The van der Waals surface area contributed by atoms with E-state index in [-0.39, 0.29) is 24.5 Å². The molecular formula is C18H20N4O4. The van der Waals surface area contributed by atoms with E-state index in [1.807, 2.05) is 36.0 Å². The third-order valence-corrected chi connectivity index (χ3v) is 4.91. The standard InChI is InChI=1S/C18H20N4O4/c1-11-7-20(18(24)25)17-5-13(3-4-16(17)22(11)12(2)23)14-6-19-21(8-14)15-9-26-10-15/h3-6,8,11,15H,7,9-10H2,1-2H3,(H,24,25). The predicted molar refractivity (Wildman–Crippen MR) is 95.5 cm³/mol. The number of carboxylic acid groups (broad SMARTS) is 1. The largest absolute Gasteiger partial charge is 0.465 e. The van der Waals surface area contributed by atoms with Gasteiger partial charge in [0.15, 0.2) is 0 Å². The number of fused-ring (bicyclic) bond motifs is 1. The van der Waals surface area contributed by atoms with Gasteiger partial charge in [-0.25, -0.2) is 4.79 Å². The molecule has 0 saturated carbocycles. The van der Waals surface area contributed by atoms with E-state index in [1.165, 1.54) is 11.8 Å². The summed E-state index contributed by atoms with van der Waals surface area (Å²) < 4.78 is 7.07. The molecule has 2 aliphatic rings. The Morgan fingerprint density at radius 1 is 1.23 bits per heavy atom. The summed E-state index contributed by atoms with van der Waals surface area (Å²) in [4.78, 5) is 26.7. The van der Waals surface area contributed by atoms with Gasteiger partial charge in [-0.05, 0) is 24.6 Å². The Hall–Kier alpha value is -2.87. The van der Waals surface area contributed by atoms with Crippen molar-refractivity contribution >= 4 is 23.4 Å². The third-order valence-electron chi connectivity index (χ3n) is 4.91. The lowest BCUT2D eigenvalue weighted by molar-refractivity contribution is -0.117. The molecule has 2 aliphatic heterocycles. The highest BCUT2D eigenvalue weighted by Gasteiger charge is 2.33. The Balaban J connectivity index is 1.75. The minimum Gasteiger partial charge on any atom is -0.465 e. The lowest BCUT2D eigenvalue weighted by atomic mass is 10.0. The van der Waals surface area contributed by atoms with Crippen LogP contribution in [0.15, 0.2) is 30.6 Å².